The number of aromatic nitrogens is 2. The molecule has 1 saturated carbocycles. The van der Waals surface area contributed by atoms with Crippen LogP contribution in [-0.4, -0.2) is 15.8 Å². The minimum atomic E-state index is 0.170. The summed E-state index contributed by atoms with van der Waals surface area (Å²) < 4.78 is 0. The lowest BCUT2D eigenvalue weighted by atomic mass is 9.92. The van der Waals surface area contributed by atoms with Gasteiger partial charge in [0, 0.05) is 18.3 Å². The predicted octanol–water partition coefficient (Wildman–Crippen LogP) is 2.10. The summed E-state index contributed by atoms with van der Waals surface area (Å²) in [6.45, 7) is 2.14. The van der Waals surface area contributed by atoms with Gasteiger partial charge in [-0.2, -0.15) is 0 Å². The van der Waals surface area contributed by atoms with Crippen LogP contribution < -0.4 is 0 Å². The van der Waals surface area contributed by atoms with Gasteiger partial charge in [0.2, 0.25) is 0 Å². The van der Waals surface area contributed by atoms with Crippen molar-refractivity contribution in [1.82, 2.24) is 9.97 Å². The molecule has 0 saturated heterocycles. The molecule has 3 heteroatoms. The first-order valence-electron chi connectivity index (χ1n) is 5.09. The Labute approximate surface area is 83.6 Å². The highest BCUT2D eigenvalue weighted by Gasteiger charge is 2.30. The third kappa shape index (κ3) is 1.67. The third-order valence-corrected chi connectivity index (χ3v) is 3.01. The Bertz CT molecular complexity index is 323. The second-order valence-electron chi connectivity index (χ2n) is 3.97. The first-order valence-corrected chi connectivity index (χ1v) is 5.09. The largest absolute Gasteiger partial charge is 0.292 e. The SMILES string of the molecule is CC1CCCC1C(=O)c1cnccn1. The smallest absolute Gasteiger partial charge is 0.186 e. The Morgan fingerprint density at radius 3 is 2.86 bits per heavy atom. The number of ketones is 1. The van der Waals surface area contributed by atoms with E-state index in [4.69, 9.17) is 0 Å². The topological polar surface area (TPSA) is 42.9 Å². The highest BCUT2D eigenvalue weighted by molar-refractivity contribution is 5.96. The first-order chi connectivity index (χ1) is 6.79. The number of carbonyl (C=O) groups is 1. The van der Waals surface area contributed by atoms with Crippen molar-refractivity contribution in [3.8, 4) is 0 Å². The predicted molar refractivity (Wildman–Crippen MR) is 52.9 cm³/mol. The van der Waals surface area contributed by atoms with Gasteiger partial charge in [-0.25, -0.2) is 4.98 Å². The van der Waals surface area contributed by atoms with Crippen LogP contribution in [0.5, 0.6) is 0 Å². The summed E-state index contributed by atoms with van der Waals surface area (Å²) in [7, 11) is 0. The molecule has 0 N–H and O–H groups in total. The van der Waals surface area contributed by atoms with Crippen LogP contribution in [0.15, 0.2) is 18.6 Å². The van der Waals surface area contributed by atoms with E-state index < -0.39 is 0 Å². The summed E-state index contributed by atoms with van der Waals surface area (Å²) in [4.78, 5) is 19.9. The second-order valence-corrected chi connectivity index (χ2v) is 3.97. The van der Waals surface area contributed by atoms with Crippen molar-refractivity contribution in [2.45, 2.75) is 26.2 Å². The van der Waals surface area contributed by atoms with Crippen molar-refractivity contribution in [3.63, 3.8) is 0 Å². The van der Waals surface area contributed by atoms with Crippen LogP contribution in [0.4, 0.5) is 0 Å². The highest BCUT2D eigenvalue weighted by atomic mass is 16.1. The Morgan fingerprint density at radius 2 is 2.29 bits per heavy atom. The molecule has 0 spiro atoms. The molecular weight excluding hydrogens is 176 g/mol. The Balaban J connectivity index is 2.16. The van der Waals surface area contributed by atoms with Crippen LogP contribution in [0.3, 0.4) is 0 Å². The standard InChI is InChI=1S/C11H14N2O/c1-8-3-2-4-9(8)11(14)10-7-12-5-6-13-10/h5-9H,2-4H2,1H3. The molecule has 0 bridgehead atoms. The van der Waals surface area contributed by atoms with E-state index in [1.165, 1.54) is 0 Å². The molecule has 1 heterocycles. The lowest BCUT2D eigenvalue weighted by molar-refractivity contribution is 0.0891. The van der Waals surface area contributed by atoms with Crippen LogP contribution in [0.25, 0.3) is 0 Å². The maximum atomic E-state index is 12.0. The monoisotopic (exact) mass is 190 g/mol. The molecule has 2 atom stereocenters. The number of rotatable bonds is 2. The molecule has 2 unspecified atom stereocenters. The zero-order chi connectivity index (χ0) is 9.97. The summed E-state index contributed by atoms with van der Waals surface area (Å²) in [5.41, 5.74) is 0.520. The maximum Gasteiger partial charge on any atom is 0.186 e. The molecule has 1 aliphatic rings. The van der Waals surface area contributed by atoms with Gasteiger partial charge in [-0.05, 0) is 18.8 Å². The number of hydrogen-bond donors (Lipinski definition) is 0. The van der Waals surface area contributed by atoms with E-state index in [9.17, 15) is 4.79 Å². The number of nitrogens with zero attached hydrogens (tertiary/aromatic N) is 2. The van der Waals surface area contributed by atoms with Gasteiger partial charge < -0.3 is 0 Å². The van der Waals surface area contributed by atoms with Crippen LogP contribution >= 0.6 is 0 Å². The van der Waals surface area contributed by atoms with Gasteiger partial charge in [0.15, 0.2) is 5.78 Å². The second kappa shape index (κ2) is 3.86. The average Bonchev–Trinajstić information content (AvgIpc) is 2.65. The van der Waals surface area contributed by atoms with Gasteiger partial charge in [-0.1, -0.05) is 13.3 Å². The van der Waals surface area contributed by atoms with E-state index in [0.29, 0.717) is 11.6 Å². The Hall–Kier alpha value is -1.25. The van der Waals surface area contributed by atoms with E-state index in [1.54, 1.807) is 18.6 Å². The highest BCUT2D eigenvalue weighted by Crippen LogP contribution is 2.33. The zero-order valence-corrected chi connectivity index (χ0v) is 8.31. The van der Waals surface area contributed by atoms with Crippen LogP contribution in [-0.2, 0) is 0 Å². The van der Waals surface area contributed by atoms with Crippen molar-refractivity contribution in [1.29, 1.82) is 0 Å². The molecule has 1 fully saturated rings. The van der Waals surface area contributed by atoms with E-state index in [-0.39, 0.29) is 11.7 Å². The molecule has 14 heavy (non-hydrogen) atoms. The summed E-state index contributed by atoms with van der Waals surface area (Å²) in [6, 6.07) is 0. The molecule has 2 rings (SSSR count). The van der Waals surface area contributed by atoms with Gasteiger partial charge in [-0.15, -0.1) is 0 Å². The van der Waals surface area contributed by atoms with Crippen LogP contribution in [0.1, 0.15) is 36.7 Å². The number of carbonyl (C=O) groups excluding carboxylic acids is 1. The fraction of sp³-hybridized carbons (Fsp3) is 0.545. The average molecular weight is 190 g/mol. The van der Waals surface area contributed by atoms with Crippen molar-refractivity contribution in [2.75, 3.05) is 0 Å². The van der Waals surface area contributed by atoms with E-state index >= 15 is 0 Å². The summed E-state index contributed by atoms with van der Waals surface area (Å²) >= 11 is 0. The van der Waals surface area contributed by atoms with E-state index in [1.807, 2.05) is 0 Å². The molecule has 0 radical (unpaired) electrons. The van der Waals surface area contributed by atoms with Gasteiger partial charge in [0.1, 0.15) is 5.69 Å². The lowest BCUT2D eigenvalue weighted by Gasteiger charge is -2.12. The quantitative estimate of drug-likeness (QED) is 0.671. The zero-order valence-electron chi connectivity index (χ0n) is 8.31. The molecule has 1 aromatic heterocycles. The molecular formula is C11H14N2O. The molecule has 1 aliphatic carbocycles. The summed E-state index contributed by atoms with van der Waals surface area (Å²) in [5.74, 6) is 0.847. The van der Waals surface area contributed by atoms with Crippen molar-refractivity contribution in [2.24, 2.45) is 11.8 Å². The fourth-order valence-corrected chi connectivity index (χ4v) is 2.15. The van der Waals surface area contributed by atoms with Crippen molar-refractivity contribution < 1.29 is 4.79 Å². The van der Waals surface area contributed by atoms with Gasteiger partial charge >= 0.3 is 0 Å². The van der Waals surface area contributed by atoms with E-state index in [0.717, 1.165) is 19.3 Å². The third-order valence-electron chi connectivity index (χ3n) is 3.01. The molecule has 0 aliphatic heterocycles. The number of Topliss-reactive ketones (excluding diaryl/α,β-unsaturated/α-hetero) is 1. The van der Waals surface area contributed by atoms with Gasteiger partial charge in [-0.3, -0.25) is 9.78 Å². The first kappa shape index (κ1) is 9.31. The summed E-state index contributed by atoms with van der Waals surface area (Å²) in [6.07, 6.45) is 8.07. The normalized spacial score (nSPS) is 26.4. The van der Waals surface area contributed by atoms with Crippen molar-refractivity contribution >= 4 is 5.78 Å². The van der Waals surface area contributed by atoms with Crippen LogP contribution in [0.2, 0.25) is 0 Å². The molecule has 0 amide bonds. The Morgan fingerprint density at radius 1 is 1.43 bits per heavy atom. The Kier molecular flexibility index (Phi) is 2.57. The van der Waals surface area contributed by atoms with Gasteiger partial charge in [0.05, 0.1) is 6.20 Å². The van der Waals surface area contributed by atoms with E-state index in [2.05, 4.69) is 16.9 Å². The maximum absolute atomic E-state index is 12.0. The molecule has 1 aromatic rings. The fourth-order valence-electron chi connectivity index (χ4n) is 2.15. The minimum Gasteiger partial charge on any atom is -0.292 e. The van der Waals surface area contributed by atoms with Crippen LogP contribution in [0, 0.1) is 11.8 Å². The summed E-state index contributed by atoms with van der Waals surface area (Å²) in [5, 5.41) is 0. The molecule has 3 nitrogen and oxygen atoms in total. The minimum absolute atomic E-state index is 0.170. The van der Waals surface area contributed by atoms with Crippen molar-refractivity contribution in [3.05, 3.63) is 24.3 Å². The number of hydrogen-bond acceptors (Lipinski definition) is 3. The molecule has 74 valence electrons. The van der Waals surface area contributed by atoms with Gasteiger partial charge in [0.25, 0.3) is 0 Å². The lowest BCUT2D eigenvalue weighted by Crippen LogP contribution is -2.18. The molecule has 0 aromatic carbocycles.